The molecule has 0 bridgehead atoms. The molecular weight excluding hydrogens is 316 g/mol. The molecule has 0 amide bonds. The number of rotatable bonds is 3. The smallest absolute Gasteiger partial charge is 0.145 e. The van der Waals surface area contributed by atoms with Crippen LogP contribution >= 0.6 is 15.9 Å². The number of ether oxygens (including phenoxy) is 1. The van der Waals surface area contributed by atoms with Gasteiger partial charge in [-0.15, -0.1) is 0 Å². The Labute approximate surface area is 120 Å². The zero-order valence-corrected chi connectivity index (χ0v) is 12.3. The molecule has 2 nitrogen and oxygen atoms in total. The van der Waals surface area contributed by atoms with Crippen LogP contribution in [-0.2, 0) is 11.3 Å². The van der Waals surface area contributed by atoms with E-state index in [9.17, 15) is 8.78 Å². The highest BCUT2D eigenvalue weighted by Crippen LogP contribution is 2.25. The van der Waals surface area contributed by atoms with Gasteiger partial charge in [-0.05, 0) is 40.9 Å². The Morgan fingerprint density at radius 2 is 1.95 bits per heavy atom. The summed E-state index contributed by atoms with van der Waals surface area (Å²) in [5.74, 6) is -1.18. The Kier molecular flexibility index (Phi) is 5.30. The lowest BCUT2D eigenvalue weighted by Gasteiger charge is -2.22. The zero-order valence-electron chi connectivity index (χ0n) is 10.7. The molecular formula is C14H18BrF2NO. The molecule has 2 unspecified atom stereocenters. The summed E-state index contributed by atoms with van der Waals surface area (Å²) in [5, 5.41) is 0. The van der Waals surface area contributed by atoms with E-state index in [1.807, 2.05) is 0 Å². The third-order valence-corrected chi connectivity index (χ3v) is 4.20. The molecule has 0 aromatic heterocycles. The van der Waals surface area contributed by atoms with Crippen molar-refractivity contribution in [1.82, 2.24) is 0 Å². The second-order valence-electron chi connectivity index (χ2n) is 4.97. The lowest BCUT2D eigenvalue weighted by Crippen LogP contribution is -2.35. The second kappa shape index (κ2) is 6.77. The van der Waals surface area contributed by atoms with Gasteiger partial charge >= 0.3 is 0 Å². The van der Waals surface area contributed by atoms with Crippen molar-refractivity contribution in [3.05, 3.63) is 33.8 Å². The van der Waals surface area contributed by atoms with E-state index in [0.717, 1.165) is 32.1 Å². The van der Waals surface area contributed by atoms with E-state index >= 15 is 0 Å². The zero-order chi connectivity index (χ0) is 13.8. The van der Waals surface area contributed by atoms with Crippen molar-refractivity contribution >= 4 is 15.9 Å². The molecule has 1 aliphatic carbocycles. The van der Waals surface area contributed by atoms with Gasteiger partial charge in [0.05, 0.1) is 22.7 Å². The fourth-order valence-corrected chi connectivity index (χ4v) is 2.77. The standard InChI is InChI=1S/C14H18BrF2NO/c15-10-6-7-11(16)9(14(10)17)8-19-13-5-3-1-2-4-12(13)18/h6-7,12-13H,1-5,8,18H2. The average molecular weight is 334 g/mol. The van der Waals surface area contributed by atoms with Crippen LogP contribution in [0.4, 0.5) is 8.78 Å². The molecule has 0 saturated heterocycles. The van der Waals surface area contributed by atoms with E-state index in [4.69, 9.17) is 10.5 Å². The van der Waals surface area contributed by atoms with Crippen LogP contribution in [0.2, 0.25) is 0 Å². The minimum Gasteiger partial charge on any atom is -0.372 e. The van der Waals surface area contributed by atoms with Crippen molar-refractivity contribution in [1.29, 1.82) is 0 Å². The lowest BCUT2D eigenvalue weighted by molar-refractivity contribution is 0.0166. The van der Waals surface area contributed by atoms with Crippen LogP contribution in [0.5, 0.6) is 0 Å². The Bertz CT molecular complexity index is 442. The number of nitrogens with two attached hydrogens (primary N) is 1. The maximum atomic E-state index is 13.8. The highest BCUT2D eigenvalue weighted by atomic mass is 79.9. The molecule has 2 atom stereocenters. The fraction of sp³-hybridized carbons (Fsp3) is 0.571. The predicted octanol–water partition coefficient (Wildman–Crippen LogP) is 3.90. The molecule has 106 valence electrons. The van der Waals surface area contributed by atoms with Crippen LogP contribution in [-0.4, -0.2) is 12.1 Å². The van der Waals surface area contributed by atoms with Gasteiger partial charge in [-0.3, -0.25) is 0 Å². The summed E-state index contributed by atoms with van der Waals surface area (Å²) >= 11 is 3.05. The van der Waals surface area contributed by atoms with Crippen molar-refractivity contribution in [3.63, 3.8) is 0 Å². The SMILES string of the molecule is NC1CCCCCC1OCc1c(F)ccc(Br)c1F. The molecule has 19 heavy (non-hydrogen) atoms. The molecule has 1 fully saturated rings. The second-order valence-corrected chi connectivity index (χ2v) is 5.83. The molecule has 1 aromatic rings. The van der Waals surface area contributed by atoms with Gasteiger partial charge in [0.15, 0.2) is 0 Å². The van der Waals surface area contributed by atoms with Gasteiger partial charge in [0.25, 0.3) is 0 Å². The van der Waals surface area contributed by atoms with Crippen LogP contribution in [0.25, 0.3) is 0 Å². The van der Waals surface area contributed by atoms with Crippen molar-refractivity contribution in [2.24, 2.45) is 5.73 Å². The minimum atomic E-state index is -0.595. The molecule has 1 aromatic carbocycles. The molecule has 2 rings (SSSR count). The monoisotopic (exact) mass is 333 g/mol. The highest BCUT2D eigenvalue weighted by molar-refractivity contribution is 9.10. The van der Waals surface area contributed by atoms with Gasteiger partial charge < -0.3 is 10.5 Å². The number of hydrogen-bond donors (Lipinski definition) is 1. The third-order valence-electron chi connectivity index (χ3n) is 3.58. The summed E-state index contributed by atoms with van der Waals surface area (Å²) in [5.41, 5.74) is 5.99. The first-order chi connectivity index (χ1) is 9.09. The molecule has 1 aliphatic rings. The van der Waals surface area contributed by atoms with Crippen LogP contribution in [0, 0.1) is 11.6 Å². The van der Waals surface area contributed by atoms with Crippen molar-refractivity contribution < 1.29 is 13.5 Å². The number of hydrogen-bond acceptors (Lipinski definition) is 2. The summed E-state index contributed by atoms with van der Waals surface area (Å²) in [7, 11) is 0. The van der Waals surface area contributed by atoms with Crippen molar-refractivity contribution in [3.8, 4) is 0 Å². The average Bonchev–Trinajstić information content (AvgIpc) is 2.59. The van der Waals surface area contributed by atoms with E-state index in [1.165, 1.54) is 12.1 Å². The van der Waals surface area contributed by atoms with Gasteiger partial charge in [0.2, 0.25) is 0 Å². The highest BCUT2D eigenvalue weighted by Gasteiger charge is 2.22. The minimum absolute atomic E-state index is 0.0363. The fourth-order valence-electron chi connectivity index (χ4n) is 2.40. The maximum Gasteiger partial charge on any atom is 0.145 e. The predicted molar refractivity (Wildman–Crippen MR) is 73.7 cm³/mol. The summed E-state index contributed by atoms with van der Waals surface area (Å²) in [6.07, 6.45) is 4.96. The molecule has 0 radical (unpaired) electrons. The Balaban J connectivity index is 2.03. The first-order valence-corrected chi connectivity index (χ1v) is 7.38. The quantitative estimate of drug-likeness (QED) is 0.672. The van der Waals surface area contributed by atoms with Crippen LogP contribution in [0.1, 0.15) is 37.7 Å². The molecule has 5 heteroatoms. The lowest BCUT2D eigenvalue weighted by atomic mass is 10.1. The molecule has 1 saturated carbocycles. The van der Waals surface area contributed by atoms with Gasteiger partial charge in [0.1, 0.15) is 11.6 Å². The van der Waals surface area contributed by atoms with Gasteiger partial charge in [0, 0.05) is 6.04 Å². The molecule has 2 N–H and O–H groups in total. The van der Waals surface area contributed by atoms with Gasteiger partial charge in [-0.25, -0.2) is 8.78 Å². The van der Waals surface area contributed by atoms with Crippen LogP contribution in [0.15, 0.2) is 16.6 Å². The first-order valence-electron chi connectivity index (χ1n) is 6.59. The number of benzene rings is 1. The molecule has 0 heterocycles. The topological polar surface area (TPSA) is 35.2 Å². The Morgan fingerprint density at radius 1 is 1.21 bits per heavy atom. The first kappa shape index (κ1) is 14.9. The normalized spacial score (nSPS) is 24.2. The van der Waals surface area contributed by atoms with Gasteiger partial charge in [-0.2, -0.15) is 0 Å². The molecule has 0 aliphatic heterocycles. The van der Waals surface area contributed by atoms with E-state index in [2.05, 4.69) is 15.9 Å². The summed E-state index contributed by atoms with van der Waals surface area (Å²) in [6, 6.07) is 2.55. The van der Waals surface area contributed by atoms with Crippen LogP contribution in [0.3, 0.4) is 0 Å². The van der Waals surface area contributed by atoms with Crippen molar-refractivity contribution in [2.75, 3.05) is 0 Å². The maximum absolute atomic E-state index is 13.8. The number of halogens is 3. The Morgan fingerprint density at radius 3 is 2.74 bits per heavy atom. The van der Waals surface area contributed by atoms with E-state index in [0.29, 0.717) is 0 Å². The van der Waals surface area contributed by atoms with E-state index in [-0.39, 0.29) is 28.8 Å². The Hall–Kier alpha value is -0.520. The summed E-state index contributed by atoms with van der Waals surface area (Å²) < 4.78 is 33.3. The van der Waals surface area contributed by atoms with E-state index < -0.39 is 11.6 Å². The largest absolute Gasteiger partial charge is 0.372 e. The third kappa shape index (κ3) is 3.74. The van der Waals surface area contributed by atoms with Gasteiger partial charge in [-0.1, -0.05) is 19.3 Å². The van der Waals surface area contributed by atoms with Crippen LogP contribution < -0.4 is 5.73 Å². The summed E-state index contributed by atoms with van der Waals surface area (Å²) in [4.78, 5) is 0. The van der Waals surface area contributed by atoms with Crippen molar-refractivity contribution in [2.45, 2.75) is 50.9 Å². The molecule has 0 spiro atoms. The summed E-state index contributed by atoms with van der Waals surface area (Å²) in [6.45, 7) is -0.0739. The van der Waals surface area contributed by atoms with E-state index in [1.54, 1.807) is 0 Å².